The lowest BCUT2D eigenvalue weighted by Gasteiger charge is -2.44. The molecule has 0 radical (unpaired) electrons. The fourth-order valence-electron chi connectivity index (χ4n) is 4.64. The van der Waals surface area contributed by atoms with E-state index in [0.717, 1.165) is 24.9 Å². The summed E-state index contributed by atoms with van der Waals surface area (Å²) in [5, 5.41) is 8.77. The van der Waals surface area contributed by atoms with Crippen LogP contribution < -0.4 is 0 Å². The van der Waals surface area contributed by atoms with Crippen LogP contribution in [0.5, 0.6) is 0 Å². The smallest absolute Gasteiger partial charge is 0.277 e. The summed E-state index contributed by atoms with van der Waals surface area (Å²) in [7, 11) is 0. The number of carbonyl (C=O) groups excluding carboxylic acids is 1. The van der Waals surface area contributed by atoms with E-state index in [2.05, 4.69) is 48.0 Å². The summed E-state index contributed by atoms with van der Waals surface area (Å²) in [6.45, 7) is 7.48. The molecule has 2 atom stereocenters. The molecule has 4 rings (SSSR count). The van der Waals surface area contributed by atoms with Crippen molar-refractivity contribution in [1.29, 1.82) is 0 Å². The highest BCUT2D eigenvalue weighted by atomic mass is 32.2. The molecule has 1 aliphatic heterocycles. The minimum absolute atomic E-state index is 0.112. The summed E-state index contributed by atoms with van der Waals surface area (Å²) >= 11 is 1.35. The van der Waals surface area contributed by atoms with E-state index in [4.69, 9.17) is 4.42 Å². The first-order valence-electron chi connectivity index (χ1n) is 10.8. The third-order valence-electron chi connectivity index (χ3n) is 6.29. The van der Waals surface area contributed by atoms with Gasteiger partial charge in [0.25, 0.3) is 5.22 Å². The van der Waals surface area contributed by atoms with Crippen LogP contribution in [0.3, 0.4) is 0 Å². The standard InChI is InChI=1S/C23H31N3O2S/c1-23(2,3)18-12-10-17(11-13-18)21-24-25-22(28-21)29-15-20(27)26-14-6-8-16-7-4-5-9-19(16)26/h10-13,16,19H,4-9,14-15H2,1-3H3/t16-,19-/m0/s1. The fourth-order valence-corrected chi connectivity index (χ4v) is 5.29. The molecule has 0 spiro atoms. The molecule has 0 N–H and O–H groups in total. The quantitative estimate of drug-likeness (QED) is 0.636. The summed E-state index contributed by atoms with van der Waals surface area (Å²) in [6, 6.07) is 8.69. The Morgan fingerprint density at radius 1 is 1.10 bits per heavy atom. The number of piperidine rings is 1. The zero-order valence-electron chi connectivity index (χ0n) is 17.7. The molecule has 1 aliphatic carbocycles. The number of likely N-dealkylation sites (tertiary alicyclic amines) is 1. The Morgan fingerprint density at radius 3 is 2.59 bits per heavy atom. The van der Waals surface area contributed by atoms with E-state index < -0.39 is 0 Å². The summed E-state index contributed by atoms with van der Waals surface area (Å²) in [5.74, 6) is 1.79. The van der Waals surface area contributed by atoms with Crippen LogP contribution in [0.4, 0.5) is 0 Å². The van der Waals surface area contributed by atoms with E-state index in [1.165, 1.54) is 43.0 Å². The molecule has 6 heteroatoms. The molecule has 29 heavy (non-hydrogen) atoms. The summed E-state index contributed by atoms with van der Waals surface area (Å²) < 4.78 is 5.81. The first kappa shape index (κ1) is 20.5. The lowest BCUT2D eigenvalue weighted by Crippen LogP contribution is -2.50. The Balaban J connectivity index is 1.36. The number of hydrogen-bond acceptors (Lipinski definition) is 5. The second-order valence-corrected chi connectivity index (χ2v) is 10.3. The molecule has 0 bridgehead atoms. The van der Waals surface area contributed by atoms with E-state index in [1.807, 2.05) is 12.1 Å². The van der Waals surface area contributed by atoms with Gasteiger partial charge in [-0.2, -0.15) is 0 Å². The summed E-state index contributed by atoms with van der Waals surface area (Å²) in [4.78, 5) is 15.0. The maximum atomic E-state index is 12.8. The van der Waals surface area contributed by atoms with Gasteiger partial charge in [0.2, 0.25) is 11.8 Å². The van der Waals surface area contributed by atoms with Crippen molar-refractivity contribution in [1.82, 2.24) is 15.1 Å². The molecule has 2 aromatic rings. The van der Waals surface area contributed by atoms with Crippen molar-refractivity contribution in [2.24, 2.45) is 5.92 Å². The lowest BCUT2D eigenvalue weighted by molar-refractivity contribution is -0.134. The third-order valence-corrected chi connectivity index (χ3v) is 7.09. The van der Waals surface area contributed by atoms with Gasteiger partial charge in [-0.15, -0.1) is 10.2 Å². The normalized spacial score (nSPS) is 22.4. The van der Waals surface area contributed by atoms with Crippen LogP contribution in [-0.2, 0) is 10.2 Å². The largest absolute Gasteiger partial charge is 0.411 e. The van der Waals surface area contributed by atoms with Crippen LogP contribution in [-0.4, -0.2) is 39.3 Å². The molecule has 5 nitrogen and oxygen atoms in total. The van der Waals surface area contributed by atoms with Crippen molar-refractivity contribution < 1.29 is 9.21 Å². The average molecular weight is 414 g/mol. The van der Waals surface area contributed by atoms with Gasteiger partial charge in [0.05, 0.1) is 5.75 Å². The molecule has 1 amide bonds. The zero-order valence-corrected chi connectivity index (χ0v) is 18.5. The van der Waals surface area contributed by atoms with Gasteiger partial charge in [0.1, 0.15) is 0 Å². The Labute approximate surface area is 177 Å². The van der Waals surface area contributed by atoms with Gasteiger partial charge in [0.15, 0.2) is 0 Å². The first-order chi connectivity index (χ1) is 13.9. The molecular formula is C23H31N3O2S. The molecule has 1 saturated carbocycles. The molecule has 1 aromatic carbocycles. The van der Waals surface area contributed by atoms with Gasteiger partial charge in [-0.25, -0.2) is 0 Å². The maximum Gasteiger partial charge on any atom is 0.277 e. The van der Waals surface area contributed by atoms with Crippen LogP contribution in [0.2, 0.25) is 0 Å². The van der Waals surface area contributed by atoms with E-state index >= 15 is 0 Å². The van der Waals surface area contributed by atoms with E-state index in [0.29, 0.717) is 28.8 Å². The summed E-state index contributed by atoms with van der Waals surface area (Å²) in [5.41, 5.74) is 2.29. The summed E-state index contributed by atoms with van der Waals surface area (Å²) in [6.07, 6.45) is 7.42. The fraction of sp³-hybridized carbons (Fsp3) is 0.609. The number of amides is 1. The predicted octanol–water partition coefficient (Wildman–Crippen LogP) is 5.31. The average Bonchev–Trinajstić information content (AvgIpc) is 3.20. The van der Waals surface area contributed by atoms with Crippen molar-refractivity contribution in [2.45, 2.75) is 76.0 Å². The van der Waals surface area contributed by atoms with Gasteiger partial charge in [-0.1, -0.05) is 57.5 Å². The van der Waals surface area contributed by atoms with Crippen molar-refractivity contribution in [3.63, 3.8) is 0 Å². The Morgan fingerprint density at radius 2 is 1.83 bits per heavy atom. The van der Waals surface area contributed by atoms with E-state index in [1.54, 1.807) is 0 Å². The topological polar surface area (TPSA) is 59.2 Å². The number of benzene rings is 1. The minimum Gasteiger partial charge on any atom is -0.411 e. The molecule has 2 fully saturated rings. The Bertz CT molecular complexity index is 839. The minimum atomic E-state index is 0.112. The van der Waals surface area contributed by atoms with Gasteiger partial charge >= 0.3 is 0 Å². The van der Waals surface area contributed by atoms with E-state index in [-0.39, 0.29) is 11.3 Å². The molecule has 0 unspecified atom stereocenters. The number of carbonyl (C=O) groups is 1. The number of rotatable bonds is 4. The van der Waals surface area contributed by atoms with Crippen molar-refractivity contribution >= 4 is 17.7 Å². The van der Waals surface area contributed by atoms with Crippen molar-refractivity contribution in [3.8, 4) is 11.5 Å². The third kappa shape index (κ3) is 4.68. The van der Waals surface area contributed by atoms with Crippen molar-refractivity contribution in [2.75, 3.05) is 12.3 Å². The van der Waals surface area contributed by atoms with Crippen LogP contribution in [0.25, 0.3) is 11.5 Å². The number of nitrogens with zero attached hydrogens (tertiary/aromatic N) is 3. The SMILES string of the molecule is CC(C)(C)c1ccc(-c2nnc(SCC(=O)N3CCC[C@@H]4CCCC[C@@H]43)o2)cc1. The molecule has 156 valence electrons. The highest BCUT2D eigenvalue weighted by Gasteiger charge is 2.35. The van der Waals surface area contributed by atoms with Gasteiger partial charge in [-0.3, -0.25) is 4.79 Å². The van der Waals surface area contributed by atoms with Gasteiger partial charge in [0, 0.05) is 18.2 Å². The van der Waals surface area contributed by atoms with Crippen molar-refractivity contribution in [3.05, 3.63) is 29.8 Å². The monoisotopic (exact) mass is 413 g/mol. The van der Waals surface area contributed by atoms with Gasteiger partial charge < -0.3 is 9.32 Å². The van der Waals surface area contributed by atoms with Crippen LogP contribution in [0.1, 0.15) is 64.9 Å². The zero-order chi connectivity index (χ0) is 20.4. The number of aromatic nitrogens is 2. The highest BCUT2D eigenvalue weighted by molar-refractivity contribution is 7.99. The second kappa shape index (κ2) is 8.50. The van der Waals surface area contributed by atoms with Crippen LogP contribution in [0.15, 0.2) is 33.9 Å². The number of thioether (sulfide) groups is 1. The van der Waals surface area contributed by atoms with Gasteiger partial charge in [-0.05, 0) is 54.7 Å². The molecule has 1 saturated heterocycles. The first-order valence-corrected chi connectivity index (χ1v) is 11.8. The molecule has 2 aliphatic rings. The molecule has 2 heterocycles. The number of hydrogen-bond donors (Lipinski definition) is 0. The Hall–Kier alpha value is -1.82. The predicted molar refractivity (Wildman–Crippen MR) is 116 cm³/mol. The van der Waals surface area contributed by atoms with Crippen LogP contribution in [0, 0.1) is 5.92 Å². The number of fused-ring (bicyclic) bond motifs is 1. The Kier molecular flexibility index (Phi) is 6.00. The highest BCUT2D eigenvalue weighted by Crippen LogP contribution is 2.36. The van der Waals surface area contributed by atoms with Crippen LogP contribution >= 0.6 is 11.8 Å². The van der Waals surface area contributed by atoms with E-state index in [9.17, 15) is 4.79 Å². The molecule has 1 aromatic heterocycles. The maximum absolute atomic E-state index is 12.8. The lowest BCUT2D eigenvalue weighted by atomic mass is 9.78. The molecular weight excluding hydrogens is 382 g/mol. The second-order valence-electron chi connectivity index (χ2n) is 9.33.